The highest BCUT2D eigenvalue weighted by Gasteiger charge is 2.27. The summed E-state index contributed by atoms with van der Waals surface area (Å²) in [7, 11) is 1.63. The predicted octanol–water partition coefficient (Wildman–Crippen LogP) is 0.401. The average Bonchev–Trinajstić information content (AvgIpc) is 2.84. The average molecular weight is 337 g/mol. The first kappa shape index (κ1) is 16.8. The predicted molar refractivity (Wildman–Crippen MR) is 84.0 cm³/mol. The van der Waals surface area contributed by atoms with Crippen molar-refractivity contribution in [2.75, 3.05) is 5.32 Å². The van der Waals surface area contributed by atoms with E-state index in [2.05, 4.69) is 15.1 Å². The quantitative estimate of drug-likeness (QED) is 0.520. The van der Waals surface area contributed by atoms with Gasteiger partial charge in [-0.1, -0.05) is 11.6 Å². The lowest BCUT2D eigenvalue weighted by molar-refractivity contribution is -0.772. The fraction of sp³-hybridized carbons (Fsp3) is 0.286. The number of aromatic amines is 1. The van der Waals surface area contributed by atoms with Crippen LogP contribution in [0.2, 0.25) is 0 Å². The summed E-state index contributed by atoms with van der Waals surface area (Å²) in [6.45, 7) is 1.85. The summed E-state index contributed by atoms with van der Waals surface area (Å²) >= 11 is 1.12. The van der Waals surface area contributed by atoms with Crippen LogP contribution in [0.15, 0.2) is 38.6 Å². The largest absolute Gasteiger partial charge is 0.441 e. The maximum Gasteiger partial charge on any atom is 0.441 e. The van der Waals surface area contributed by atoms with Gasteiger partial charge in [0.2, 0.25) is 11.8 Å². The van der Waals surface area contributed by atoms with Crippen molar-refractivity contribution in [3.8, 4) is 0 Å². The van der Waals surface area contributed by atoms with E-state index in [9.17, 15) is 14.4 Å². The number of amides is 2. The zero-order chi connectivity index (χ0) is 17.0. The highest BCUT2D eigenvalue weighted by atomic mass is 32.2. The molecule has 0 aliphatic heterocycles. The summed E-state index contributed by atoms with van der Waals surface area (Å²) in [6, 6.07) is 6.26. The number of nitrogens with zero attached hydrogens (tertiary/aromatic N) is 1. The molecule has 4 N–H and O–H groups in total. The van der Waals surface area contributed by atoms with Gasteiger partial charge in [0.1, 0.15) is 0 Å². The highest BCUT2D eigenvalue weighted by molar-refractivity contribution is 8.00. The molecule has 0 radical (unpaired) electrons. The normalized spacial score (nSPS) is 11.9. The minimum Gasteiger partial charge on any atom is -0.366 e. The van der Waals surface area contributed by atoms with E-state index in [-0.39, 0.29) is 5.91 Å². The molecule has 0 aliphatic rings. The minimum absolute atomic E-state index is 0.245. The van der Waals surface area contributed by atoms with Crippen LogP contribution in [0.3, 0.4) is 0 Å². The van der Waals surface area contributed by atoms with Crippen LogP contribution in [-0.2, 0) is 11.8 Å². The monoisotopic (exact) mass is 337 g/mol. The lowest BCUT2D eigenvalue weighted by Crippen LogP contribution is -2.35. The zero-order valence-electron chi connectivity index (χ0n) is 12.7. The van der Waals surface area contributed by atoms with Crippen molar-refractivity contribution < 1.29 is 18.8 Å². The van der Waals surface area contributed by atoms with E-state index in [4.69, 9.17) is 5.73 Å². The SMILES string of the molecule is CCC(Sc1c(=O)o[nH][n+]1C)C(=O)Nc1ccc(C(N)=O)cc1. The van der Waals surface area contributed by atoms with Gasteiger partial charge in [0.05, 0.1) is 5.25 Å². The van der Waals surface area contributed by atoms with Crippen LogP contribution in [0.5, 0.6) is 0 Å². The summed E-state index contributed by atoms with van der Waals surface area (Å²) in [4.78, 5) is 34.9. The Balaban J connectivity index is 2.08. The molecule has 0 spiro atoms. The Hall–Kier alpha value is -2.55. The number of benzene rings is 1. The van der Waals surface area contributed by atoms with Gasteiger partial charge in [-0.3, -0.25) is 14.1 Å². The van der Waals surface area contributed by atoms with Gasteiger partial charge in [-0.15, -0.1) is 0 Å². The van der Waals surface area contributed by atoms with Gasteiger partial charge in [0, 0.05) is 11.3 Å². The number of carbonyl (C=O) groups is 2. The van der Waals surface area contributed by atoms with Crippen molar-refractivity contribution in [1.82, 2.24) is 5.27 Å². The molecule has 1 unspecified atom stereocenters. The first-order valence-electron chi connectivity index (χ1n) is 6.87. The van der Waals surface area contributed by atoms with Crippen LogP contribution in [0, 0.1) is 0 Å². The number of rotatable bonds is 6. The molecule has 9 heteroatoms. The number of thioether (sulfide) groups is 1. The van der Waals surface area contributed by atoms with Crippen molar-refractivity contribution in [3.63, 3.8) is 0 Å². The number of anilines is 1. The molecule has 1 heterocycles. The molecule has 2 rings (SSSR count). The first-order valence-corrected chi connectivity index (χ1v) is 7.75. The maximum atomic E-state index is 12.3. The summed E-state index contributed by atoms with van der Waals surface area (Å²) in [6.07, 6.45) is 0.528. The summed E-state index contributed by atoms with van der Waals surface area (Å²) in [5.41, 5.74) is 5.55. The molecule has 0 bridgehead atoms. The topological polar surface area (TPSA) is 122 Å². The van der Waals surface area contributed by atoms with E-state index < -0.39 is 16.8 Å². The lowest BCUT2D eigenvalue weighted by Gasteiger charge is -2.12. The van der Waals surface area contributed by atoms with Gasteiger partial charge >= 0.3 is 10.7 Å². The van der Waals surface area contributed by atoms with Crippen molar-refractivity contribution in [1.29, 1.82) is 0 Å². The standard InChI is InChI=1S/C14H16N4O4S/c1-3-10(23-13-14(21)22-17-18(13)2)12(20)16-9-6-4-8(5-7-9)11(15)19/h4-7,10H,3H2,1-2H3,(H3-,15,16,17,19,20,21)/p+1. The molecule has 1 atom stereocenters. The van der Waals surface area contributed by atoms with Crippen molar-refractivity contribution in [3.05, 3.63) is 40.2 Å². The van der Waals surface area contributed by atoms with Crippen molar-refractivity contribution in [2.24, 2.45) is 12.8 Å². The van der Waals surface area contributed by atoms with Crippen LogP contribution in [-0.4, -0.2) is 22.3 Å². The number of hydrogen-bond acceptors (Lipinski definition) is 5. The molecule has 0 fully saturated rings. The number of hydrogen-bond donors (Lipinski definition) is 3. The highest BCUT2D eigenvalue weighted by Crippen LogP contribution is 2.21. The molecule has 122 valence electrons. The van der Waals surface area contributed by atoms with Gasteiger partial charge in [-0.2, -0.15) is 0 Å². The van der Waals surface area contributed by atoms with Gasteiger partial charge in [-0.25, -0.2) is 4.79 Å². The number of H-pyrrole nitrogens is 1. The molecule has 23 heavy (non-hydrogen) atoms. The van der Waals surface area contributed by atoms with E-state index >= 15 is 0 Å². The van der Waals surface area contributed by atoms with E-state index in [0.717, 1.165) is 11.8 Å². The van der Waals surface area contributed by atoms with Crippen LogP contribution in [0.4, 0.5) is 5.69 Å². The Bertz CT molecular complexity index is 766. The molecule has 0 saturated carbocycles. The molecule has 1 aromatic heterocycles. The third kappa shape index (κ3) is 4.01. The summed E-state index contributed by atoms with van der Waals surface area (Å²) < 4.78 is 6.08. The van der Waals surface area contributed by atoms with E-state index in [1.54, 1.807) is 19.2 Å². The third-order valence-electron chi connectivity index (χ3n) is 3.11. The molecule has 2 aromatic rings. The maximum absolute atomic E-state index is 12.3. The van der Waals surface area contributed by atoms with Crippen LogP contribution >= 0.6 is 11.8 Å². The number of nitrogens with one attached hydrogen (secondary N) is 2. The third-order valence-corrected chi connectivity index (χ3v) is 4.60. The Morgan fingerprint density at radius 2 is 2.04 bits per heavy atom. The fourth-order valence-corrected chi connectivity index (χ4v) is 2.79. The molecule has 0 aliphatic carbocycles. The van der Waals surface area contributed by atoms with Gasteiger partial charge in [0.25, 0.3) is 0 Å². The van der Waals surface area contributed by atoms with E-state index in [1.165, 1.54) is 16.8 Å². The van der Waals surface area contributed by atoms with Gasteiger partial charge in [-0.05, 0) is 47.7 Å². The van der Waals surface area contributed by atoms with Crippen LogP contribution in [0.25, 0.3) is 0 Å². The zero-order valence-corrected chi connectivity index (χ0v) is 13.5. The van der Waals surface area contributed by atoms with Crippen molar-refractivity contribution >= 4 is 29.3 Å². The summed E-state index contributed by atoms with van der Waals surface area (Å²) in [5, 5.41) is 5.00. The molecule has 2 amide bonds. The molecule has 8 nitrogen and oxygen atoms in total. The van der Waals surface area contributed by atoms with E-state index in [0.29, 0.717) is 22.7 Å². The first-order chi connectivity index (χ1) is 10.9. The number of aromatic nitrogens is 2. The van der Waals surface area contributed by atoms with Crippen LogP contribution < -0.4 is 21.4 Å². The Kier molecular flexibility index (Phi) is 5.22. The van der Waals surface area contributed by atoms with E-state index in [1.807, 2.05) is 6.92 Å². The Labute approximate surface area is 136 Å². The second-order valence-electron chi connectivity index (χ2n) is 4.79. The van der Waals surface area contributed by atoms with Crippen LogP contribution in [0.1, 0.15) is 23.7 Å². The molecule has 1 aromatic carbocycles. The Morgan fingerprint density at radius 3 is 2.52 bits per heavy atom. The number of aryl methyl sites for hydroxylation is 1. The number of primary amides is 1. The number of carbonyl (C=O) groups excluding carboxylic acids is 2. The molecule has 0 saturated heterocycles. The second kappa shape index (κ2) is 7.14. The number of nitrogens with two attached hydrogens (primary N) is 1. The van der Waals surface area contributed by atoms with Gasteiger partial charge < -0.3 is 11.1 Å². The second-order valence-corrected chi connectivity index (χ2v) is 5.98. The Morgan fingerprint density at radius 1 is 1.39 bits per heavy atom. The fourth-order valence-electron chi connectivity index (χ4n) is 1.86. The van der Waals surface area contributed by atoms with Gasteiger partial charge in [0.15, 0.2) is 7.05 Å². The minimum atomic E-state index is -0.531. The summed E-state index contributed by atoms with van der Waals surface area (Å²) in [5.74, 6) is -0.776. The van der Waals surface area contributed by atoms with Crippen molar-refractivity contribution in [2.45, 2.75) is 23.6 Å². The lowest BCUT2D eigenvalue weighted by atomic mass is 10.2. The molecular weight excluding hydrogens is 320 g/mol. The molecular formula is C14H17N4O4S+. The smallest absolute Gasteiger partial charge is 0.366 e.